The molecule has 0 aliphatic carbocycles. The van der Waals surface area contributed by atoms with E-state index in [1.165, 1.54) is 0 Å². The first-order valence-corrected chi connectivity index (χ1v) is 8.57. The van der Waals surface area contributed by atoms with E-state index in [2.05, 4.69) is 5.32 Å². The number of hydrogen-bond donors (Lipinski definition) is 1. The number of aryl methyl sites for hydroxylation is 1. The van der Waals surface area contributed by atoms with Gasteiger partial charge >= 0.3 is 0 Å². The number of methoxy groups -OCH3 is 1. The highest BCUT2D eigenvalue weighted by molar-refractivity contribution is 6.30. The second kappa shape index (κ2) is 7.76. The fraction of sp³-hybridized carbons (Fsp3) is 0.316. The molecule has 0 aliphatic rings. The van der Waals surface area contributed by atoms with E-state index in [4.69, 9.17) is 20.8 Å². The number of nitrogens with one attached hydrogen (secondary N) is 1. The van der Waals surface area contributed by atoms with Gasteiger partial charge in [-0.1, -0.05) is 23.7 Å². The Morgan fingerprint density at radius 3 is 2.92 bits per heavy atom. The molecule has 3 rings (SSSR count). The van der Waals surface area contributed by atoms with E-state index in [0.717, 1.165) is 23.3 Å². The number of aromatic nitrogens is 1. The first-order chi connectivity index (χ1) is 12.1. The van der Waals surface area contributed by atoms with Crippen molar-refractivity contribution in [3.8, 4) is 0 Å². The van der Waals surface area contributed by atoms with Gasteiger partial charge in [-0.15, -0.1) is 0 Å². The lowest BCUT2D eigenvalue weighted by Gasteiger charge is -2.11. The molecule has 0 fully saturated rings. The van der Waals surface area contributed by atoms with Gasteiger partial charge in [0.2, 0.25) is 0 Å². The van der Waals surface area contributed by atoms with E-state index < -0.39 is 0 Å². The van der Waals surface area contributed by atoms with E-state index >= 15 is 0 Å². The highest BCUT2D eigenvalue weighted by Crippen LogP contribution is 2.25. The number of nitrogens with zero attached hydrogens (tertiary/aromatic N) is 1. The summed E-state index contributed by atoms with van der Waals surface area (Å²) in [6.07, 6.45) is 0.770. The van der Waals surface area contributed by atoms with Crippen LogP contribution in [0.15, 0.2) is 40.8 Å². The van der Waals surface area contributed by atoms with Crippen molar-refractivity contribution in [1.82, 2.24) is 9.88 Å². The molecule has 2 aromatic heterocycles. The Labute approximate surface area is 151 Å². The van der Waals surface area contributed by atoms with E-state index in [0.29, 0.717) is 36.0 Å². The monoisotopic (exact) mass is 360 g/mol. The Kier molecular flexibility index (Phi) is 5.46. The van der Waals surface area contributed by atoms with Crippen LogP contribution in [0.25, 0.3) is 11.1 Å². The van der Waals surface area contributed by atoms with Gasteiger partial charge in [0.15, 0.2) is 5.58 Å². The Morgan fingerprint density at radius 1 is 1.32 bits per heavy atom. The fourth-order valence-electron chi connectivity index (χ4n) is 2.85. The van der Waals surface area contributed by atoms with Crippen molar-refractivity contribution in [3.05, 3.63) is 58.4 Å². The summed E-state index contributed by atoms with van der Waals surface area (Å²) >= 11 is 6.09. The van der Waals surface area contributed by atoms with Crippen molar-refractivity contribution < 1.29 is 13.9 Å². The quantitative estimate of drug-likeness (QED) is 0.648. The maximum Gasteiger partial charge on any atom is 0.268 e. The van der Waals surface area contributed by atoms with Crippen LogP contribution in [0.2, 0.25) is 5.02 Å². The van der Waals surface area contributed by atoms with Crippen LogP contribution >= 0.6 is 11.6 Å². The third-order valence-electron chi connectivity index (χ3n) is 3.99. The van der Waals surface area contributed by atoms with Crippen LogP contribution in [0.3, 0.4) is 0 Å². The molecular weight excluding hydrogens is 340 g/mol. The van der Waals surface area contributed by atoms with Crippen molar-refractivity contribution in [1.29, 1.82) is 0 Å². The van der Waals surface area contributed by atoms with Crippen molar-refractivity contribution >= 4 is 28.6 Å². The number of rotatable bonds is 7. The SMILES string of the molecule is COCCCNC(=O)c1cc2oc(C)cc2n1Cc1cccc(Cl)c1. The maximum atomic E-state index is 12.6. The third kappa shape index (κ3) is 4.06. The fourth-order valence-corrected chi connectivity index (χ4v) is 3.06. The molecule has 2 heterocycles. The average molecular weight is 361 g/mol. The number of hydrogen-bond acceptors (Lipinski definition) is 3. The van der Waals surface area contributed by atoms with Gasteiger partial charge in [-0.3, -0.25) is 4.79 Å². The lowest BCUT2D eigenvalue weighted by atomic mass is 10.2. The predicted octanol–water partition coefficient (Wildman–Crippen LogP) is 4.01. The molecule has 1 amide bonds. The molecule has 0 unspecified atom stereocenters. The predicted molar refractivity (Wildman–Crippen MR) is 98.3 cm³/mol. The van der Waals surface area contributed by atoms with E-state index in [-0.39, 0.29) is 5.91 Å². The summed E-state index contributed by atoms with van der Waals surface area (Å²) in [6.45, 7) is 3.62. The molecule has 0 spiro atoms. The number of halogens is 1. The van der Waals surface area contributed by atoms with Crippen LogP contribution in [-0.2, 0) is 11.3 Å². The third-order valence-corrected chi connectivity index (χ3v) is 4.22. The number of carbonyl (C=O) groups is 1. The van der Waals surface area contributed by atoms with Gasteiger partial charge in [0, 0.05) is 44.0 Å². The van der Waals surface area contributed by atoms with Crippen molar-refractivity contribution in [2.75, 3.05) is 20.3 Å². The second-order valence-electron chi connectivity index (χ2n) is 5.95. The summed E-state index contributed by atoms with van der Waals surface area (Å²) in [7, 11) is 1.65. The zero-order chi connectivity index (χ0) is 17.8. The maximum absolute atomic E-state index is 12.6. The Hall–Kier alpha value is -2.24. The van der Waals surface area contributed by atoms with Crippen LogP contribution in [0.5, 0.6) is 0 Å². The van der Waals surface area contributed by atoms with Gasteiger partial charge in [-0.05, 0) is 31.0 Å². The minimum absolute atomic E-state index is 0.123. The second-order valence-corrected chi connectivity index (χ2v) is 6.39. The summed E-state index contributed by atoms with van der Waals surface area (Å²) in [6, 6.07) is 11.4. The van der Waals surface area contributed by atoms with Gasteiger partial charge in [0.05, 0.1) is 5.52 Å². The molecule has 0 bridgehead atoms. The highest BCUT2D eigenvalue weighted by Gasteiger charge is 2.18. The Bertz CT molecular complexity index is 882. The van der Waals surface area contributed by atoms with Crippen LogP contribution < -0.4 is 5.32 Å². The molecule has 0 radical (unpaired) electrons. The summed E-state index contributed by atoms with van der Waals surface area (Å²) in [5.41, 5.74) is 3.21. The van der Waals surface area contributed by atoms with Crippen molar-refractivity contribution in [2.24, 2.45) is 0 Å². The first kappa shape index (κ1) is 17.6. The molecule has 132 valence electrons. The zero-order valence-corrected chi connectivity index (χ0v) is 15.1. The van der Waals surface area contributed by atoms with Gasteiger partial charge < -0.3 is 19.0 Å². The van der Waals surface area contributed by atoms with Crippen LogP contribution in [-0.4, -0.2) is 30.7 Å². The standard InChI is InChI=1S/C19H21ClN2O3/c1-13-9-16-18(25-13)11-17(19(23)21-7-4-8-24-2)22(16)12-14-5-3-6-15(20)10-14/h3,5-6,9-11H,4,7-8,12H2,1-2H3,(H,21,23). The molecule has 0 atom stereocenters. The summed E-state index contributed by atoms with van der Waals surface area (Å²) in [4.78, 5) is 12.6. The molecule has 3 aromatic rings. The Balaban J connectivity index is 1.89. The van der Waals surface area contributed by atoms with Crippen LogP contribution in [0, 0.1) is 6.92 Å². The van der Waals surface area contributed by atoms with E-state index in [1.807, 2.05) is 41.8 Å². The number of ether oxygens (including phenoxy) is 1. The molecule has 6 heteroatoms. The van der Waals surface area contributed by atoms with Gasteiger partial charge in [-0.2, -0.15) is 0 Å². The summed E-state index contributed by atoms with van der Waals surface area (Å²) in [5.74, 6) is 0.694. The molecule has 0 aliphatic heterocycles. The largest absolute Gasteiger partial charge is 0.460 e. The lowest BCUT2D eigenvalue weighted by molar-refractivity contribution is 0.0940. The zero-order valence-electron chi connectivity index (χ0n) is 14.3. The lowest BCUT2D eigenvalue weighted by Crippen LogP contribution is -2.27. The molecule has 1 N–H and O–H groups in total. The minimum atomic E-state index is -0.123. The molecular formula is C19H21ClN2O3. The molecule has 5 nitrogen and oxygen atoms in total. The first-order valence-electron chi connectivity index (χ1n) is 8.19. The number of benzene rings is 1. The smallest absolute Gasteiger partial charge is 0.268 e. The van der Waals surface area contributed by atoms with Gasteiger partial charge in [0.1, 0.15) is 11.5 Å². The number of fused-ring (bicyclic) bond motifs is 1. The average Bonchev–Trinajstić information content (AvgIpc) is 3.09. The minimum Gasteiger partial charge on any atom is -0.460 e. The van der Waals surface area contributed by atoms with Crippen LogP contribution in [0.4, 0.5) is 0 Å². The van der Waals surface area contributed by atoms with Crippen molar-refractivity contribution in [3.63, 3.8) is 0 Å². The van der Waals surface area contributed by atoms with E-state index in [1.54, 1.807) is 13.2 Å². The van der Waals surface area contributed by atoms with E-state index in [9.17, 15) is 4.79 Å². The van der Waals surface area contributed by atoms with Gasteiger partial charge in [0.25, 0.3) is 5.91 Å². The summed E-state index contributed by atoms with van der Waals surface area (Å²) in [5, 5.41) is 3.60. The molecule has 1 aromatic carbocycles. The van der Waals surface area contributed by atoms with Gasteiger partial charge in [-0.25, -0.2) is 0 Å². The number of carbonyl (C=O) groups excluding carboxylic acids is 1. The summed E-state index contributed by atoms with van der Waals surface area (Å²) < 4.78 is 12.7. The topological polar surface area (TPSA) is 56.4 Å². The molecule has 0 saturated heterocycles. The number of amides is 1. The van der Waals surface area contributed by atoms with Crippen LogP contribution in [0.1, 0.15) is 28.2 Å². The molecule has 25 heavy (non-hydrogen) atoms. The van der Waals surface area contributed by atoms with Crippen molar-refractivity contribution in [2.45, 2.75) is 19.9 Å². The molecule has 0 saturated carbocycles. The number of furan rings is 1. The Morgan fingerprint density at radius 2 is 2.16 bits per heavy atom. The highest BCUT2D eigenvalue weighted by atomic mass is 35.5. The normalized spacial score (nSPS) is 11.2.